The van der Waals surface area contributed by atoms with Crippen molar-refractivity contribution in [1.29, 1.82) is 0 Å². The molecule has 1 aromatic heterocycles. The van der Waals surface area contributed by atoms with Crippen molar-refractivity contribution in [1.82, 2.24) is 14.8 Å². The normalized spacial score (nSPS) is 13.1. The lowest BCUT2D eigenvalue weighted by atomic mass is 10.0. The van der Waals surface area contributed by atoms with Gasteiger partial charge < -0.3 is 5.73 Å². The molecule has 1 atom stereocenters. The molecule has 4 heteroatoms. The van der Waals surface area contributed by atoms with Crippen LogP contribution in [0.4, 0.5) is 0 Å². The van der Waals surface area contributed by atoms with Crippen LogP contribution in [0.1, 0.15) is 44.3 Å². The van der Waals surface area contributed by atoms with Gasteiger partial charge in [0.25, 0.3) is 0 Å². The van der Waals surface area contributed by atoms with Crippen LogP contribution >= 0.6 is 0 Å². The fourth-order valence-corrected chi connectivity index (χ4v) is 1.66. The van der Waals surface area contributed by atoms with E-state index in [0.717, 1.165) is 30.9 Å². The molecule has 0 aliphatic carbocycles. The van der Waals surface area contributed by atoms with Gasteiger partial charge in [-0.1, -0.05) is 20.3 Å². The lowest BCUT2D eigenvalue weighted by Crippen LogP contribution is -2.16. The summed E-state index contributed by atoms with van der Waals surface area (Å²) in [5.74, 6) is 2.31. The van der Waals surface area contributed by atoms with Crippen molar-refractivity contribution in [3.63, 3.8) is 0 Å². The second-order valence-corrected chi connectivity index (χ2v) is 3.58. The lowest BCUT2D eigenvalue weighted by Gasteiger charge is -2.11. The van der Waals surface area contributed by atoms with E-state index < -0.39 is 0 Å². The number of aryl methyl sites for hydroxylation is 2. The van der Waals surface area contributed by atoms with Crippen LogP contribution in [0.15, 0.2) is 0 Å². The highest BCUT2D eigenvalue weighted by molar-refractivity contribution is 5.00. The third-order valence-corrected chi connectivity index (χ3v) is 2.44. The summed E-state index contributed by atoms with van der Waals surface area (Å²) in [5, 5.41) is 4.33. The predicted molar refractivity (Wildman–Crippen MR) is 57.1 cm³/mol. The minimum Gasteiger partial charge on any atom is -0.330 e. The lowest BCUT2D eigenvalue weighted by molar-refractivity contribution is 0.551. The molecule has 0 bridgehead atoms. The molecule has 0 spiro atoms. The second kappa shape index (κ2) is 5.10. The first-order chi connectivity index (χ1) is 6.72. The molecule has 1 rings (SSSR count). The van der Waals surface area contributed by atoms with E-state index in [-0.39, 0.29) is 0 Å². The van der Waals surface area contributed by atoms with Crippen molar-refractivity contribution in [2.75, 3.05) is 6.54 Å². The standard InChI is InChI=1S/C10H20N4/c1-4-6-8(7-11)10-12-9(5-2)13-14(10)3/h8H,4-7,11H2,1-3H3. The second-order valence-electron chi connectivity index (χ2n) is 3.58. The van der Waals surface area contributed by atoms with Crippen LogP contribution in [0.25, 0.3) is 0 Å². The zero-order valence-corrected chi connectivity index (χ0v) is 9.32. The largest absolute Gasteiger partial charge is 0.330 e. The van der Waals surface area contributed by atoms with E-state index in [1.54, 1.807) is 0 Å². The number of hydrogen-bond donors (Lipinski definition) is 1. The summed E-state index contributed by atoms with van der Waals surface area (Å²) in [6, 6.07) is 0. The number of nitrogens with zero attached hydrogens (tertiary/aromatic N) is 3. The average molecular weight is 196 g/mol. The van der Waals surface area contributed by atoms with Gasteiger partial charge in [-0.2, -0.15) is 5.10 Å². The topological polar surface area (TPSA) is 56.7 Å². The number of hydrogen-bond acceptors (Lipinski definition) is 3. The first-order valence-electron chi connectivity index (χ1n) is 5.32. The number of nitrogens with two attached hydrogens (primary N) is 1. The highest BCUT2D eigenvalue weighted by atomic mass is 15.3. The quantitative estimate of drug-likeness (QED) is 0.770. The third-order valence-electron chi connectivity index (χ3n) is 2.44. The summed E-state index contributed by atoms with van der Waals surface area (Å²) in [5.41, 5.74) is 5.73. The Morgan fingerprint density at radius 1 is 1.43 bits per heavy atom. The van der Waals surface area contributed by atoms with E-state index in [2.05, 4.69) is 23.9 Å². The van der Waals surface area contributed by atoms with E-state index >= 15 is 0 Å². The van der Waals surface area contributed by atoms with E-state index in [1.165, 1.54) is 0 Å². The van der Waals surface area contributed by atoms with Crippen LogP contribution in [0.2, 0.25) is 0 Å². The SMILES string of the molecule is CCCC(CN)c1nc(CC)nn1C. The molecular formula is C10H20N4. The van der Waals surface area contributed by atoms with Crippen LogP contribution < -0.4 is 5.73 Å². The van der Waals surface area contributed by atoms with Crippen LogP contribution in [0.5, 0.6) is 0 Å². The van der Waals surface area contributed by atoms with Crippen molar-refractivity contribution >= 4 is 0 Å². The van der Waals surface area contributed by atoms with Gasteiger partial charge in [-0.15, -0.1) is 0 Å². The van der Waals surface area contributed by atoms with E-state index in [4.69, 9.17) is 5.73 Å². The van der Waals surface area contributed by atoms with Gasteiger partial charge in [0.05, 0.1) is 0 Å². The Kier molecular flexibility index (Phi) is 4.07. The van der Waals surface area contributed by atoms with Crippen molar-refractivity contribution in [2.45, 2.75) is 39.0 Å². The summed E-state index contributed by atoms with van der Waals surface area (Å²) in [4.78, 5) is 4.49. The van der Waals surface area contributed by atoms with E-state index in [9.17, 15) is 0 Å². The van der Waals surface area contributed by atoms with Crippen molar-refractivity contribution in [3.8, 4) is 0 Å². The third kappa shape index (κ3) is 2.32. The molecule has 0 aromatic carbocycles. The Morgan fingerprint density at radius 3 is 2.57 bits per heavy atom. The maximum absolute atomic E-state index is 5.73. The fraction of sp³-hybridized carbons (Fsp3) is 0.800. The Labute approximate surface area is 85.5 Å². The molecular weight excluding hydrogens is 176 g/mol. The molecule has 0 saturated heterocycles. The van der Waals surface area contributed by atoms with Crippen molar-refractivity contribution < 1.29 is 0 Å². The zero-order chi connectivity index (χ0) is 10.6. The summed E-state index contributed by atoms with van der Waals surface area (Å²) in [6.07, 6.45) is 3.11. The van der Waals surface area contributed by atoms with Gasteiger partial charge in [0.2, 0.25) is 0 Å². The summed E-state index contributed by atoms with van der Waals surface area (Å²) in [6.45, 7) is 4.89. The zero-order valence-electron chi connectivity index (χ0n) is 9.32. The molecule has 2 N–H and O–H groups in total. The van der Waals surface area contributed by atoms with E-state index in [1.807, 2.05) is 11.7 Å². The van der Waals surface area contributed by atoms with Gasteiger partial charge in [0, 0.05) is 25.9 Å². The first kappa shape index (κ1) is 11.2. The van der Waals surface area contributed by atoms with Gasteiger partial charge in [-0.05, 0) is 6.42 Å². The van der Waals surface area contributed by atoms with Crippen molar-refractivity contribution in [2.24, 2.45) is 12.8 Å². The van der Waals surface area contributed by atoms with Crippen LogP contribution in [0.3, 0.4) is 0 Å². The number of rotatable bonds is 5. The van der Waals surface area contributed by atoms with Gasteiger partial charge in [-0.25, -0.2) is 4.98 Å². The summed E-state index contributed by atoms with van der Waals surface area (Å²) in [7, 11) is 1.94. The molecule has 1 heterocycles. The van der Waals surface area contributed by atoms with Crippen LogP contribution in [-0.2, 0) is 13.5 Å². The highest BCUT2D eigenvalue weighted by Gasteiger charge is 2.15. The first-order valence-corrected chi connectivity index (χ1v) is 5.32. The molecule has 0 radical (unpaired) electrons. The van der Waals surface area contributed by atoms with Gasteiger partial charge in [-0.3, -0.25) is 4.68 Å². The minimum atomic E-state index is 0.359. The van der Waals surface area contributed by atoms with Gasteiger partial charge >= 0.3 is 0 Å². The van der Waals surface area contributed by atoms with Gasteiger partial charge in [0.1, 0.15) is 5.82 Å². The molecule has 0 fully saturated rings. The Balaban J connectivity index is 2.85. The molecule has 4 nitrogen and oxygen atoms in total. The molecule has 0 amide bonds. The Hall–Kier alpha value is -0.900. The molecule has 0 aliphatic heterocycles. The molecule has 0 aliphatic rings. The fourth-order valence-electron chi connectivity index (χ4n) is 1.66. The minimum absolute atomic E-state index is 0.359. The van der Waals surface area contributed by atoms with Gasteiger partial charge in [0.15, 0.2) is 5.82 Å². The van der Waals surface area contributed by atoms with Crippen LogP contribution in [-0.4, -0.2) is 21.3 Å². The molecule has 1 unspecified atom stereocenters. The molecule has 1 aromatic rings. The Bertz CT molecular complexity index is 280. The summed E-state index contributed by atoms with van der Waals surface area (Å²) >= 11 is 0. The maximum atomic E-state index is 5.73. The molecule has 80 valence electrons. The smallest absolute Gasteiger partial charge is 0.150 e. The van der Waals surface area contributed by atoms with E-state index in [0.29, 0.717) is 12.5 Å². The average Bonchev–Trinajstić information content (AvgIpc) is 2.56. The maximum Gasteiger partial charge on any atom is 0.150 e. The van der Waals surface area contributed by atoms with Crippen LogP contribution in [0, 0.1) is 0 Å². The van der Waals surface area contributed by atoms with Crippen molar-refractivity contribution in [3.05, 3.63) is 11.6 Å². The highest BCUT2D eigenvalue weighted by Crippen LogP contribution is 2.17. The summed E-state index contributed by atoms with van der Waals surface area (Å²) < 4.78 is 1.87. The molecule has 0 saturated carbocycles. The predicted octanol–water partition coefficient (Wildman–Crippen LogP) is 1.22. The number of aromatic nitrogens is 3. The monoisotopic (exact) mass is 196 g/mol. The molecule has 14 heavy (non-hydrogen) atoms. The Morgan fingerprint density at radius 2 is 2.14 bits per heavy atom.